The highest BCUT2D eigenvalue weighted by Crippen LogP contribution is 2.43. The summed E-state index contributed by atoms with van der Waals surface area (Å²) in [5, 5.41) is 3.65. The third-order valence-corrected chi connectivity index (χ3v) is 5.42. The number of halogens is 1. The lowest BCUT2D eigenvalue weighted by molar-refractivity contribution is 0.350. The predicted molar refractivity (Wildman–Crippen MR) is 83.9 cm³/mol. The number of benzene rings is 1. The number of hydrogen-bond acceptors (Lipinski definition) is 2. The van der Waals surface area contributed by atoms with Gasteiger partial charge in [-0.25, -0.2) is 0 Å². The summed E-state index contributed by atoms with van der Waals surface area (Å²) >= 11 is 3.61. The Balaban J connectivity index is 1.39. The fourth-order valence-corrected chi connectivity index (χ4v) is 4.55. The first kappa shape index (κ1) is 12.9. The number of fused-ring (bicyclic) bond motifs is 3. The number of hydrogen-bond donors (Lipinski definition) is 1. The van der Waals surface area contributed by atoms with Crippen molar-refractivity contribution in [1.82, 2.24) is 5.32 Å². The minimum absolute atomic E-state index is 0.829. The van der Waals surface area contributed by atoms with Crippen LogP contribution < -0.4 is 10.1 Å². The van der Waals surface area contributed by atoms with Crippen molar-refractivity contribution < 1.29 is 4.74 Å². The van der Waals surface area contributed by atoms with Crippen LogP contribution in [0.1, 0.15) is 24.0 Å². The molecule has 3 heteroatoms. The van der Waals surface area contributed by atoms with Crippen molar-refractivity contribution in [3.05, 3.63) is 39.9 Å². The smallest absolute Gasteiger partial charge is 0.127 e. The molecule has 2 nitrogen and oxygen atoms in total. The number of nitrogens with one attached hydrogen (secondary N) is 1. The maximum absolute atomic E-state index is 5.78. The van der Waals surface area contributed by atoms with Gasteiger partial charge in [-0.1, -0.05) is 28.1 Å². The summed E-state index contributed by atoms with van der Waals surface area (Å²) in [5.74, 6) is 3.65. The molecule has 0 amide bonds. The normalized spacial score (nSPS) is 29.8. The van der Waals surface area contributed by atoms with Gasteiger partial charge in [-0.15, -0.1) is 0 Å². The summed E-state index contributed by atoms with van der Waals surface area (Å²) in [6, 6.07) is 4.38. The monoisotopic (exact) mass is 333 g/mol. The van der Waals surface area contributed by atoms with Crippen molar-refractivity contribution in [2.75, 3.05) is 13.2 Å². The van der Waals surface area contributed by atoms with E-state index in [-0.39, 0.29) is 0 Å². The largest absolute Gasteiger partial charge is 0.493 e. The second kappa shape index (κ2) is 5.19. The molecule has 1 fully saturated rings. The summed E-state index contributed by atoms with van der Waals surface area (Å²) in [4.78, 5) is 0. The number of allylic oxidation sites excluding steroid dienone is 2. The Morgan fingerprint density at radius 3 is 3.00 bits per heavy atom. The van der Waals surface area contributed by atoms with Crippen molar-refractivity contribution in [3.63, 3.8) is 0 Å². The molecule has 1 aromatic rings. The van der Waals surface area contributed by atoms with E-state index in [0.717, 1.165) is 49.6 Å². The molecule has 20 heavy (non-hydrogen) atoms. The van der Waals surface area contributed by atoms with E-state index in [1.807, 2.05) is 0 Å². The Bertz CT molecular complexity index is 554. The molecule has 1 saturated carbocycles. The molecule has 1 heterocycles. The average Bonchev–Trinajstić information content (AvgIpc) is 3.13. The van der Waals surface area contributed by atoms with Crippen molar-refractivity contribution in [1.29, 1.82) is 0 Å². The minimum atomic E-state index is 0.829. The summed E-state index contributed by atoms with van der Waals surface area (Å²) in [6.07, 6.45) is 8.65. The molecule has 1 aromatic carbocycles. The molecule has 3 aliphatic rings. The molecule has 1 aliphatic heterocycles. The lowest BCUT2D eigenvalue weighted by Crippen LogP contribution is -2.25. The van der Waals surface area contributed by atoms with E-state index < -0.39 is 0 Å². The molecular weight excluding hydrogens is 314 g/mol. The van der Waals surface area contributed by atoms with Gasteiger partial charge in [0.1, 0.15) is 5.75 Å². The fraction of sp³-hybridized carbons (Fsp3) is 0.529. The van der Waals surface area contributed by atoms with E-state index in [1.165, 1.54) is 28.4 Å². The lowest BCUT2D eigenvalue weighted by Gasteiger charge is -2.19. The maximum Gasteiger partial charge on any atom is 0.127 e. The molecule has 0 saturated heterocycles. The Hall–Kier alpha value is -0.800. The number of ether oxygens (including phenoxy) is 1. The van der Waals surface area contributed by atoms with Gasteiger partial charge < -0.3 is 10.1 Å². The maximum atomic E-state index is 5.78. The third kappa shape index (κ3) is 2.31. The summed E-state index contributed by atoms with van der Waals surface area (Å²) in [5.41, 5.74) is 2.64. The molecule has 2 aliphatic carbocycles. The van der Waals surface area contributed by atoms with Crippen LogP contribution in [0.4, 0.5) is 0 Å². The Morgan fingerprint density at radius 2 is 2.20 bits per heavy atom. The Kier molecular flexibility index (Phi) is 3.35. The molecule has 0 radical (unpaired) electrons. The average molecular weight is 334 g/mol. The Labute approximate surface area is 128 Å². The van der Waals surface area contributed by atoms with Crippen LogP contribution in [0, 0.1) is 17.8 Å². The Morgan fingerprint density at radius 1 is 1.25 bits per heavy atom. The minimum Gasteiger partial charge on any atom is -0.493 e. The van der Waals surface area contributed by atoms with Gasteiger partial charge >= 0.3 is 0 Å². The van der Waals surface area contributed by atoms with E-state index in [0.29, 0.717) is 0 Å². The van der Waals surface area contributed by atoms with Crippen molar-refractivity contribution in [2.24, 2.45) is 17.8 Å². The van der Waals surface area contributed by atoms with Crippen LogP contribution in [0.3, 0.4) is 0 Å². The van der Waals surface area contributed by atoms with Gasteiger partial charge in [-0.05, 0) is 54.8 Å². The van der Waals surface area contributed by atoms with E-state index in [9.17, 15) is 0 Å². The highest BCUT2D eigenvalue weighted by atomic mass is 79.9. The molecule has 2 bridgehead atoms. The van der Waals surface area contributed by atoms with Crippen LogP contribution in [0.2, 0.25) is 0 Å². The molecule has 0 spiro atoms. The van der Waals surface area contributed by atoms with Crippen LogP contribution in [0.15, 0.2) is 28.8 Å². The lowest BCUT2D eigenvalue weighted by atomic mass is 9.93. The highest BCUT2D eigenvalue weighted by molar-refractivity contribution is 9.10. The van der Waals surface area contributed by atoms with Gasteiger partial charge in [0.25, 0.3) is 0 Å². The SMILES string of the molecule is Brc1cc2c(c(CNCC3CC4C=CC3C4)c1)OCC2. The van der Waals surface area contributed by atoms with Crippen LogP contribution in [0.5, 0.6) is 5.75 Å². The van der Waals surface area contributed by atoms with E-state index in [4.69, 9.17) is 4.74 Å². The zero-order chi connectivity index (χ0) is 13.5. The predicted octanol–water partition coefficient (Wildman–Crippen LogP) is 3.69. The standard InChI is InChI=1S/C17H20BrNO/c18-16-7-13-3-4-20-17(13)15(8-16)10-19-9-14-6-11-1-2-12(14)5-11/h1-2,7-8,11-12,14,19H,3-6,9-10H2. The fourth-order valence-electron chi connectivity index (χ4n) is 4.00. The second-order valence-electron chi connectivity index (χ2n) is 6.32. The van der Waals surface area contributed by atoms with Gasteiger partial charge in [0, 0.05) is 23.0 Å². The quantitative estimate of drug-likeness (QED) is 0.848. The molecule has 3 atom stereocenters. The van der Waals surface area contributed by atoms with E-state index in [1.54, 1.807) is 0 Å². The van der Waals surface area contributed by atoms with Gasteiger partial charge in [0.2, 0.25) is 0 Å². The van der Waals surface area contributed by atoms with Crippen LogP contribution in [-0.4, -0.2) is 13.2 Å². The molecule has 0 aromatic heterocycles. The molecular formula is C17H20BrNO. The second-order valence-corrected chi connectivity index (χ2v) is 7.24. The van der Waals surface area contributed by atoms with Gasteiger partial charge in [0.15, 0.2) is 0 Å². The zero-order valence-electron chi connectivity index (χ0n) is 11.6. The van der Waals surface area contributed by atoms with Gasteiger partial charge in [-0.2, -0.15) is 0 Å². The van der Waals surface area contributed by atoms with Crippen LogP contribution >= 0.6 is 15.9 Å². The summed E-state index contributed by atoms with van der Waals surface area (Å²) < 4.78 is 6.95. The first-order valence-corrected chi connectivity index (χ1v) is 8.42. The zero-order valence-corrected chi connectivity index (χ0v) is 13.2. The van der Waals surface area contributed by atoms with Gasteiger partial charge in [0.05, 0.1) is 6.61 Å². The number of rotatable bonds is 4. The first-order chi connectivity index (χ1) is 9.79. The highest BCUT2D eigenvalue weighted by Gasteiger charge is 2.35. The molecule has 3 unspecified atom stereocenters. The van der Waals surface area contributed by atoms with Crippen LogP contribution in [-0.2, 0) is 13.0 Å². The molecule has 4 rings (SSSR count). The summed E-state index contributed by atoms with van der Waals surface area (Å²) in [7, 11) is 0. The van der Waals surface area contributed by atoms with Crippen LogP contribution in [0.25, 0.3) is 0 Å². The third-order valence-electron chi connectivity index (χ3n) is 4.96. The van der Waals surface area contributed by atoms with Crippen molar-refractivity contribution in [2.45, 2.75) is 25.8 Å². The summed E-state index contributed by atoms with van der Waals surface area (Å²) in [6.45, 7) is 2.88. The van der Waals surface area contributed by atoms with Crippen molar-refractivity contribution >= 4 is 15.9 Å². The van der Waals surface area contributed by atoms with Gasteiger partial charge in [-0.3, -0.25) is 0 Å². The van der Waals surface area contributed by atoms with E-state index in [2.05, 4.69) is 45.5 Å². The van der Waals surface area contributed by atoms with E-state index >= 15 is 0 Å². The molecule has 1 N–H and O–H groups in total. The van der Waals surface area contributed by atoms with Crippen molar-refractivity contribution in [3.8, 4) is 5.75 Å². The first-order valence-electron chi connectivity index (χ1n) is 7.63. The topological polar surface area (TPSA) is 21.3 Å². The molecule has 106 valence electrons.